The number of pyridine rings is 1. The fraction of sp³-hybridized carbons (Fsp3) is 0.500. The Morgan fingerprint density at radius 1 is 1.38 bits per heavy atom. The van der Waals surface area contributed by atoms with E-state index >= 15 is 0 Å². The molecule has 0 saturated carbocycles. The summed E-state index contributed by atoms with van der Waals surface area (Å²) in [6.07, 6.45) is 3.77. The Bertz CT molecular complexity index is 710. The van der Waals surface area contributed by atoms with Crippen molar-refractivity contribution in [2.75, 3.05) is 18.4 Å². The van der Waals surface area contributed by atoms with E-state index in [0.29, 0.717) is 5.82 Å². The van der Waals surface area contributed by atoms with E-state index in [9.17, 15) is 4.79 Å². The second-order valence-electron chi connectivity index (χ2n) is 6.53. The van der Waals surface area contributed by atoms with Gasteiger partial charge in [0.15, 0.2) is 0 Å². The zero-order chi connectivity index (χ0) is 17.1. The molecule has 0 unspecified atom stereocenters. The molecular weight excluding hydrogens is 320 g/mol. The van der Waals surface area contributed by atoms with Crippen molar-refractivity contribution in [3.63, 3.8) is 0 Å². The van der Waals surface area contributed by atoms with Gasteiger partial charge < -0.3 is 5.32 Å². The van der Waals surface area contributed by atoms with Crippen LogP contribution in [0.2, 0.25) is 0 Å². The standard InChI is InChI=1S/C18H24N4OS/c1-12-6-7-17(19-9-12)21-18(23)15-5-4-8-22(10-15)11-16-13(2)20-14(3)24-16/h6-7,9,15H,4-5,8,10-11H2,1-3H3,(H,19,21,23)/t15-/m0/s1. The van der Waals surface area contributed by atoms with Crippen LogP contribution in [-0.4, -0.2) is 33.9 Å². The van der Waals surface area contributed by atoms with E-state index < -0.39 is 0 Å². The molecule has 0 spiro atoms. The number of hydrogen-bond donors (Lipinski definition) is 1. The van der Waals surface area contributed by atoms with Crippen LogP contribution in [-0.2, 0) is 11.3 Å². The van der Waals surface area contributed by atoms with E-state index in [4.69, 9.17) is 0 Å². The number of aromatic nitrogens is 2. The predicted octanol–water partition coefficient (Wildman–Crippen LogP) is 3.31. The van der Waals surface area contributed by atoms with Gasteiger partial charge in [0.05, 0.1) is 16.6 Å². The van der Waals surface area contributed by atoms with Gasteiger partial charge in [0.25, 0.3) is 0 Å². The van der Waals surface area contributed by atoms with Crippen LogP contribution in [0.4, 0.5) is 5.82 Å². The second kappa shape index (κ2) is 7.40. The Morgan fingerprint density at radius 3 is 2.88 bits per heavy atom. The maximum atomic E-state index is 12.5. The summed E-state index contributed by atoms with van der Waals surface area (Å²) in [5, 5.41) is 4.06. The Balaban J connectivity index is 1.59. The number of anilines is 1. The van der Waals surface area contributed by atoms with Crippen LogP contribution < -0.4 is 5.32 Å². The highest BCUT2D eigenvalue weighted by Crippen LogP contribution is 2.24. The molecule has 1 aliphatic rings. The molecule has 1 N–H and O–H groups in total. The molecule has 1 fully saturated rings. The lowest BCUT2D eigenvalue weighted by Gasteiger charge is -2.31. The van der Waals surface area contributed by atoms with Crippen molar-refractivity contribution in [3.8, 4) is 0 Å². The SMILES string of the molecule is Cc1ccc(NC(=O)[C@H]2CCCN(Cc3sc(C)nc3C)C2)nc1. The zero-order valence-corrected chi connectivity index (χ0v) is 15.3. The van der Waals surface area contributed by atoms with Gasteiger partial charge in [0.2, 0.25) is 5.91 Å². The molecule has 5 nitrogen and oxygen atoms in total. The molecule has 1 aliphatic heterocycles. The van der Waals surface area contributed by atoms with Crippen molar-refractivity contribution in [1.29, 1.82) is 0 Å². The lowest BCUT2D eigenvalue weighted by atomic mass is 9.97. The average Bonchev–Trinajstić information content (AvgIpc) is 2.87. The molecule has 2 aromatic heterocycles. The third kappa shape index (κ3) is 4.19. The minimum Gasteiger partial charge on any atom is -0.310 e. The fourth-order valence-corrected chi connectivity index (χ4v) is 4.09. The van der Waals surface area contributed by atoms with Crippen LogP contribution in [0.15, 0.2) is 18.3 Å². The maximum Gasteiger partial charge on any atom is 0.229 e. The molecule has 6 heteroatoms. The number of carbonyl (C=O) groups is 1. The Kier molecular flexibility index (Phi) is 5.26. The topological polar surface area (TPSA) is 58.1 Å². The highest BCUT2D eigenvalue weighted by molar-refractivity contribution is 7.11. The van der Waals surface area contributed by atoms with Crippen LogP contribution in [0.25, 0.3) is 0 Å². The number of nitrogens with one attached hydrogen (secondary N) is 1. The van der Waals surface area contributed by atoms with Gasteiger partial charge in [-0.2, -0.15) is 0 Å². The predicted molar refractivity (Wildman–Crippen MR) is 97.2 cm³/mol. The van der Waals surface area contributed by atoms with Gasteiger partial charge in [0.1, 0.15) is 5.82 Å². The van der Waals surface area contributed by atoms with Crippen molar-refractivity contribution < 1.29 is 4.79 Å². The Morgan fingerprint density at radius 2 is 2.21 bits per heavy atom. The number of nitrogens with zero attached hydrogens (tertiary/aromatic N) is 3. The van der Waals surface area contributed by atoms with Gasteiger partial charge in [-0.1, -0.05) is 6.07 Å². The number of thiazole rings is 1. The van der Waals surface area contributed by atoms with E-state index in [0.717, 1.165) is 48.7 Å². The number of piperidine rings is 1. The molecule has 1 amide bonds. The van der Waals surface area contributed by atoms with Crippen LogP contribution in [0.3, 0.4) is 0 Å². The summed E-state index contributed by atoms with van der Waals surface area (Å²) in [5.74, 6) is 0.737. The minimum atomic E-state index is 0.0242. The van der Waals surface area contributed by atoms with E-state index in [1.165, 1.54) is 4.88 Å². The zero-order valence-electron chi connectivity index (χ0n) is 14.5. The second-order valence-corrected chi connectivity index (χ2v) is 7.81. The molecular formula is C18H24N4OS. The number of likely N-dealkylation sites (tertiary alicyclic amines) is 1. The summed E-state index contributed by atoms with van der Waals surface area (Å²) in [6.45, 7) is 8.83. The van der Waals surface area contributed by atoms with Crippen LogP contribution in [0.1, 0.15) is 34.0 Å². The first-order valence-electron chi connectivity index (χ1n) is 8.40. The normalized spacial score (nSPS) is 18.5. The van der Waals surface area contributed by atoms with Crippen LogP contribution in [0.5, 0.6) is 0 Å². The lowest BCUT2D eigenvalue weighted by molar-refractivity contribution is -0.121. The summed E-state index contributed by atoms with van der Waals surface area (Å²) in [7, 11) is 0. The molecule has 0 aromatic carbocycles. The van der Waals surface area contributed by atoms with Crippen molar-refractivity contribution in [2.45, 2.75) is 40.2 Å². The van der Waals surface area contributed by atoms with E-state index in [2.05, 4.69) is 27.1 Å². The molecule has 0 bridgehead atoms. The van der Waals surface area contributed by atoms with Crippen molar-refractivity contribution in [2.24, 2.45) is 5.92 Å². The molecule has 0 aliphatic carbocycles. The third-order valence-corrected chi connectivity index (χ3v) is 5.46. The summed E-state index contributed by atoms with van der Waals surface area (Å²) < 4.78 is 0. The van der Waals surface area contributed by atoms with Crippen molar-refractivity contribution in [3.05, 3.63) is 39.5 Å². The molecule has 3 rings (SSSR count). The van der Waals surface area contributed by atoms with E-state index in [-0.39, 0.29) is 11.8 Å². The lowest BCUT2D eigenvalue weighted by Crippen LogP contribution is -2.40. The molecule has 2 aromatic rings. The first-order valence-corrected chi connectivity index (χ1v) is 9.21. The first kappa shape index (κ1) is 17.0. The van der Waals surface area contributed by atoms with Gasteiger partial charge in [0, 0.05) is 24.2 Å². The van der Waals surface area contributed by atoms with Crippen LogP contribution >= 0.6 is 11.3 Å². The minimum absolute atomic E-state index is 0.0242. The summed E-state index contributed by atoms with van der Waals surface area (Å²) in [4.78, 5) is 25.0. The summed E-state index contributed by atoms with van der Waals surface area (Å²) in [6, 6.07) is 3.82. The number of aryl methyl sites for hydroxylation is 3. The smallest absolute Gasteiger partial charge is 0.229 e. The third-order valence-electron chi connectivity index (χ3n) is 4.41. The molecule has 3 heterocycles. The largest absolute Gasteiger partial charge is 0.310 e. The molecule has 24 heavy (non-hydrogen) atoms. The molecule has 128 valence electrons. The first-order chi connectivity index (χ1) is 11.5. The van der Waals surface area contributed by atoms with Crippen LogP contribution in [0, 0.1) is 26.7 Å². The molecule has 1 saturated heterocycles. The Hall–Kier alpha value is -1.79. The quantitative estimate of drug-likeness (QED) is 0.924. The number of amides is 1. The average molecular weight is 344 g/mol. The maximum absolute atomic E-state index is 12.5. The van der Waals surface area contributed by atoms with Crippen molar-refractivity contribution >= 4 is 23.1 Å². The molecule has 1 atom stereocenters. The summed E-state index contributed by atoms with van der Waals surface area (Å²) in [5.41, 5.74) is 2.21. The number of hydrogen-bond acceptors (Lipinski definition) is 5. The van der Waals surface area contributed by atoms with Gasteiger partial charge in [-0.3, -0.25) is 9.69 Å². The summed E-state index contributed by atoms with van der Waals surface area (Å²) >= 11 is 1.76. The fourth-order valence-electron chi connectivity index (χ4n) is 3.11. The monoisotopic (exact) mass is 344 g/mol. The van der Waals surface area contributed by atoms with Gasteiger partial charge >= 0.3 is 0 Å². The van der Waals surface area contributed by atoms with E-state index in [1.807, 2.05) is 26.0 Å². The van der Waals surface area contributed by atoms with Gasteiger partial charge in [-0.15, -0.1) is 11.3 Å². The van der Waals surface area contributed by atoms with Gasteiger partial charge in [-0.25, -0.2) is 9.97 Å². The van der Waals surface area contributed by atoms with Gasteiger partial charge in [-0.05, 0) is 51.8 Å². The Labute approximate surface area is 147 Å². The number of carbonyl (C=O) groups excluding carboxylic acids is 1. The highest BCUT2D eigenvalue weighted by Gasteiger charge is 2.26. The van der Waals surface area contributed by atoms with Crippen molar-refractivity contribution in [1.82, 2.24) is 14.9 Å². The van der Waals surface area contributed by atoms with E-state index in [1.54, 1.807) is 17.5 Å². The molecule has 0 radical (unpaired) electrons. The highest BCUT2D eigenvalue weighted by atomic mass is 32.1. The number of rotatable bonds is 4.